The number of nitrogens with two attached hydrogens (primary N) is 1. The second-order valence-electron chi connectivity index (χ2n) is 6.48. The largest absolute Gasteiger partial charge is 0.481 e. The predicted octanol–water partition coefficient (Wildman–Crippen LogP) is 3.27. The lowest BCUT2D eigenvalue weighted by Crippen LogP contribution is -2.10. The van der Waals surface area contributed by atoms with Gasteiger partial charge in [0.25, 0.3) is 0 Å². The lowest BCUT2D eigenvalue weighted by molar-refractivity contribution is -0.139. The molecule has 0 aliphatic heterocycles. The Hall–Kier alpha value is -3.76. The van der Waals surface area contributed by atoms with E-state index in [9.17, 15) is 13.2 Å². The summed E-state index contributed by atoms with van der Waals surface area (Å²) in [5.41, 5.74) is 7.99. The molecule has 152 valence electrons. The Balaban J connectivity index is 2.00. The number of carboxylic acid groups (broad SMARTS) is 1. The third-order valence-electron chi connectivity index (χ3n) is 4.26. The monoisotopic (exact) mass is 421 g/mol. The Morgan fingerprint density at radius 1 is 0.967 bits per heavy atom. The van der Waals surface area contributed by atoms with Crippen LogP contribution in [0.3, 0.4) is 0 Å². The highest BCUT2D eigenvalue weighted by Gasteiger charge is 2.18. The maximum absolute atomic E-state index is 12.9. The Labute approximate surface area is 174 Å². The fourth-order valence-corrected chi connectivity index (χ4v) is 3.99. The molecule has 0 radical (unpaired) electrons. The minimum atomic E-state index is -3.67. The predicted molar refractivity (Wildman–Crippen MR) is 113 cm³/mol. The van der Waals surface area contributed by atoms with Gasteiger partial charge in [0.15, 0.2) is 6.61 Å². The number of carboxylic acids is 1. The van der Waals surface area contributed by atoms with Gasteiger partial charge in [-0.25, -0.2) is 13.2 Å². The number of sulfone groups is 1. The van der Waals surface area contributed by atoms with Crippen LogP contribution < -0.4 is 10.5 Å². The van der Waals surface area contributed by atoms with Gasteiger partial charge in [0, 0.05) is 11.3 Å². The van der Waals surface area contributed by atoms with E-state index in [1.807, 2.05) is 6.92 Å². The van der Waals surface area contributed by atoms with E-state index >= 15 is 0 Å². The highest BCUT2D eigenvalue weighted by atomic mass is 32.2. The van der Waals surface area contributed by atoms with Crippen molar-refractivity contribution in [1.29, 1.82) is 0 Å². The minimum Gasteiger partial charge on any atom is -0.481 e. The second kappa shape index (κ2) is 8.72. The zero-order valence-corrected chi connectivity index (χ0v) is 16.9. The molecule has 0 aliphatic carbocycles. The Bertz CT molecular complexity index is 1260. The molecule has 3 rings (SSSR count). The number of hydrogen-bond donors (Lipinski definition) is 2. The Kier molecular flexibility index (Phi) is 6.09. The van der Waals surface area contributed by atoms with Crippen LogP contribution in [0.25, 0.3) is 0 Å². The fraction of sp³-hybridized carbons (Fsp3) is 0.0870. The van der Waals surface area contributed by atoms with Crippen molar-refractivity contribution in [2.24, 2.45) is 0 Å². The van der Waals surface area contributed by atoms with Gasteiger partial charge in [-0.05, 0) is 55.0 Å². The topological polar surface area (TPSA) is 107 Å². The molecule has 0 aliphatic rings. The van der Waals surface area contributed by atoms with Crippen molar-refractivity contribution in [3.8, 4) is 17.6 Å². The molecule has 3 aromatic carbocycles. The van der Waals surface area contributed by atoms with E-state index in [1.54, 1.807) is 60.7 Å². The fourth-order valence-electron chi connectivity index (χ4n) is 2.68. The van der Waals surface area contributed by atoms with E-state index in [0.717, 1.165) is 5.56 Å². The number of ether oxygens (including phenoxy) is 1. The summed E-state index contributed by atoms with van der Waals surface area (Å²) < 4.78 is 31.0. The van der Waals surface area contributed by atoms with Gasteiger partial charge in [-0.15, -0.1) is 0 Å². The number of aryl methyl sites for hydroxylation is 1. The number of carbonyl (C=O) groups is 1. The lowest BCUT2D eigenvalue weighted by Gasteiger charge is -2.08. The van der Waals surface area contributed by atoms with Crippen LogP contribution in [0.4, 0.5) is 5.69 Å². The van der Waals surface area contributed by atoms with Gasteiger partial charge in [0.05, 0.1) is 15.4 Å². The maximum atomic E-state index is 12.9. The number of hydrogen-bond acceptors (Lipinski definition) is 5. The first-order valence-corrected chi connectivity index (χ1v) is 10.4. The number of benzene rings is 3. The molecule has 0 fully saturated rings. The van der Waals surface area contributed by atoms with Crippen LogP contribution in [0.15, 0.2) is 76.5 Å². The first-order chi connectivity index (χ1) is 14.3. The average molecular weight is 421 g/mol. The van der Waals surface area contributed by atoms with Gasteiger partial charge in [0.2, 0.25) is 9.84 Å². The van der Waals surface area contributed by atoms with Gasteiger partial charge in [-0.3, -0.25) is 0 Å². The molecule has 0 amide bonds. The van der Waals surface area contributed by atoms with Crippen molar-refractivity contribution in [2.45, 2.75) is 16.7 Å². The molecule has 0 heterocycles. The lowest BCUT2D eigenvalue weighted by atomic mass is 10.1. The summed E-state index contributed by atoms with van der Waals surface area (Å²) in [7, 11) is -3.67. The Morgan fingerprint density at radius 3 is 2.37 bits per heavy atom. The summed E-state index contributed by atoms with van der Waals surface area (Å²) in [5.74, 6) is 5.03. The number of anilines is 1. The zero-order valence-electron chi connectivity index (χ0n) is 16.1. The van der Waals surface area contributed by atoms with Crippen LogP contribution in [0.2, 0.25) is 0 Å². The van der Waals surface area contributed by atoms with Crippen molar-refractivity contribution in [2.75, 3.05) is 12.3 Å². The third kappa shape index (κ3) is 4.80. The highest BCUT2D eigenvalue weighted by molar-refractivity contribution is 7.91. The molecular weight excluding hydrogens is 402 g/mol. The first kappa shape index (κ1) is 21.0. The van der Waals surface area contributed by atoms with E-state index < -0.39 is 22.4 Å². The van der Waals surface area contributed by atoms with Crippen molar-refractivity contribution in [3.05, 3.63) is 83.4 Å². The van der Waals surface area contributed by atoms with E-state index in [0.29, 0.717) is 16.8 Å². The van der Waals surface area contributed by atoms with E-state index in [2.05, 4.69) is 11.8 Å². The molecule has 0 aromatic heterocycles. The molecule has 0 spiro atoms. The smallest absolute Gasteiger partial charge is 0.341 e. The van der Waals surface area contributed by atoms with E-state index in [-0.39, 0.29) is 15.5 Å². The standard InChI is InChI=1S/C23H19NO5S/c1-16-7-11-21(30(27,28)20-5-3-2-4-6-20)14-17(16)8-9-18-13-19(24)10-12-22(18)29-15-23(25)26/h2-7,10-14H,15,24H2,1H3,(H,25,26). The summed E-state index contributed by atoms with van der Waals surface area (Å²) in [5, 5.41) is 8.82. The quantitative estimate of drug-likeness (QED) is 0.484. The van der Waals surface area contributed by atoms with Crippen molar-refractivity contribution < 1.29 is 23.1 Å². The van der Waals surface area contributed by atoms with Crippen molar-refractivity contribution >= 4 is 21.5 Å². The molecule has 0 bridgehead atoms. The number of aliphatic carboxylic acids is 1. The second-order valence-corrected chi connectivity index (χ2v) is 8.43. The van der Waals surface area contributed by atoms with Crippen LogP contribution in [0.1, 0.15) is 16.7 Å². The molecular formula is C23H19NO5S. The van der Waals surface area contributed by atoms with Crippen LogP contribution in [-0.2, 0) is 14.6 Å². The summed E-state index contributed by atoms with van der Waals surface area (Å²) in [6, 6.07) is 17.6. The highest BCUT2D eigenvalue weighted by Crippen LogP contribution is 2.24. The molecule has 7 heteroatoms. The summed E-state index contributed by atoms with van der Waals surface area (Å²) in [6.07, 6.45) is 0. The number of nitrogen functional groups attached to an aromatic ring is 1. The minimum absolute atomic E-state index is 0.138. The molecule has 6 nitrogen and oxygen atoms in total. The van der Waals surface area contributed by atoms with Crippen LogP contribution >= 0.6 is 0 Å². The Morgan fingerprint density at radius 2 is 1.67 bits per heavy atom. The third-order valence-corrected chi connectivity index (χ3v) is 6.03. The number of rotatable bonds is 5. The SMILES string of the molecule is Cc1ccc(S(=O)(=O)c2ccccc2)cc1C#Cc1cc(N)ccc1OCC(=O)O. The molecule has 0 atom stereocenters. The summed E-state index contributed by atoms with van der Waals surface area (Å²) in [4.78, 5) is 11.1. The molecule has 3 aromatic rings. The zero-order chi connectivity index (χ0) is 21.7. The van der Waals surface area contributed by atoms with Crippen molar-refractivity contribution in [1.82, 2.24) is 0 Å². The molecule has 0 unspecified atom stereocenters. The van der Waals surface area contributed by atoms with Crippen molar-refractivity contribution in [3.63, 3.8) is 0 Å². The van der Waals surface area contributed by atoms with Gasteiger partial charge < -0.3 is 15.6 Å². The summed E-state index contributed by atoms with van der Waals surface area (Å²) in [6.45, 7) is 1.31. The van der Waals surface area contributed by atoms with Crippen LogP contribution in [-0.4, -0.2) is 26.1 Å². The molecule has 3 N–H and O–H groups in total. The van der Waals surface area contributed by atoms with Crippen LogP contribution in [0.5, 0.6) is 5.75 Å². The molecule has 30 heavy (non-hydrogen) atoms. The molecule has 0 saturated carbocycles. The maximum Gasteiger partial charge on any atom is 0.341 e. The molecule has 0 saturated heterocycles. The average Bonchev–Trinajstić information content (AvgIpc) is 2.73. The first-order valence-electron chi connectivity index (χ1n) is 8.94. The summed E-state index contributed by atoms with van der Waals surface area (Å²) >= 11 is 0. The van der Waals surface area contributed by atoms with Gasteiger partial charge in [0.1, 0.15) is 5.75 Å². The van der Waals surface area contributed by atoms with Gasteiger partial charge >= 0.3 is 5.97 Å². The van der Waals surface area contributed by atoms with Gasteiger partial charge in [-0.2, -0.15) is 0 Å². The van der Waals surface area contributed by atoms with E-state index in [1.165, 1.54) is 6.07 Å². The van der Waals surface area contributed by atoms with Gasteiger partial charge in [-0.1, -0.05) is 36.1 Å². The van der Waals surface area contributed by atoms with E-state index in [4.69, 9.17) is 15.6 Å². The van der Waals surface area contributed by atoms with Crippen LogP contribution in [0, 0.1) is 18.8 Å². The normalized spacial score (nSPS) is 10.7.